The number of halogens is 1. The number of likely N-dealkylation sites (tertiary alicyclic amines) is 1. The molecule has 0 radical (unpaired) electrons. The Morgan fingerprint density at radius 3 is 2.70 bits per heavy atom. The largest absolute Gasteiger partial charge is 0.369 e. The van der Waals surface area contributed by atoms with Crippen LogP contribution in [-0.2, 0) is 9.59 Å². The van der Waals surface area contributed by atoms with Gasteiger partial charge in [-0.2, -0.15) is 0 Å². The van der Waals surface area contributed by atoms with E-state index in [9.17, 15) is 9.59 Å². The number of carbonyl (C=O) groups excluding carboxylic acids is 2. The van der Waals surface area contributed by atoms with E-state index in [2.05, 4.69) is 0 Å². The number of carbonyl (C=O) groups is 2. The predicted octanol–water partition coefficient (Wildman–Crippen LogP) is 2.16. The lowest BCUT2D eigenvalue weighted by Crippen LogP contribution is -2.44. The third-order valence-corrected chi connectivity index (χ3v) is 4.60. The van der Waals surface area contributed by atoms with Crippen molar-refractivity contribution in [2.75, 3.05) is 18.8 Å². The van der Waals surface area contributed by atoms with Crippen molar-refractivity contribution in [2.45, 2.75) is 17.7 Å². The van der Waals surface area contributed by atoms with Crippen LogP contribution in [0.15, 0.2) is 29.2 Å². The minimum absolute atomic E-state index is 0.0518. The normalized spacial score (nSPS) is 18.9. The highest BCUT2D eigenvalue weighted by molar-refractivity contribution is 8.00. The molecular weight excluding hydrogens is 296 g/mol. The van der Waals surface area contributed by atoms with Crippen molar-refractivity contribution >= 4 is 35.2 Å². The maximum absolute atomic E-state index is 12.1. The number of amides is 2. The lowest BCUT2D eigenvalue weighted by atomic mass is 9.97. The molecule has 2 amide bonds. The molecule has 1 aliphatic heterocycles. The molecule has 108 valence electrons. The summed E-state index contributed by atoms with van der Waals surface area (Å²) < 4.78 is 0. The third-order valence-electron chi connectivity index (χ3n) is 3.35. The molecule has 0 saturated carbocycles. The van der Waals surface area contributed by atoms with E-state index in [0.717, 1.165) is 17.7 Å². The number of thioether (sulfide) groups is 1. The average molecular weight is 313 g/mol. The molecule has 1 unspecified atom stereocenters. The zero-order chi connectivity index (χ0) is 14.5. The second kappa shape index (κ2) is 6.99. The summed E-state index contributed by atoms with van der Waals surface area (Å²) in [5.41, 5.74) is 5.31. The summed E-state index contributed by atoms with van der Waals surface area (Å²) in [6.07, 6.45) is 1.62. The molecule has 0 bridgehead atoms. The molecule has 20 heavy (non-hydrogen) atoms. The second-order valence-electron chi connectivity index (χ2n) is 4.82. The van der Waals surface area contributed by atoms with Gasteiger partial charge in [-0.25, -0.2) is 0 Å². The number of piperidine rings is 1. The Hall–Kier alpha value is -1.20. The number of hydrogen-bond acceptors (Lipinski definition) is 3. The first-order valence-electron chi connectivity index (χ1n) is 6.51. The molecule has 1 saturated heterocycles. The maximum atomic E-state index is 12.1. The molecule has 1 fully saturated rings. The van der Waals surface area contributed by atoms with E-state index >= 15 is 0 Å². The highest BCUT2D eigenvalue weighted by atomic mass is 35.5. The molecular formula is C14H17ClN2O2S. The maximum Gasteiger partial charge on any atom is 0.232 e. The Balaban J connectivity index is 1.85. The van der Waals surface area contributed by atoms with E-state index in [1.165, 1.54) is 11.8 Å². The van der Waals surface area contributed by atoms with Crippen LogP contribution >= 0.6 is 23.4 Å². The smallest absolute Gasteiger partial charge is 0.232 e. The van der Waals surface area contributed by atoms with Crippen LogP contribution in [0.4, 0.5) is 0 Å². The fourth-order valence-electron chi connectivity index (χ4n) is 2.20. The molecule has 1 aromatic rings. The van der Waals surface area contributed by atoms with Crippen molar-refractivity contribution in [3.8, 4) is 0 Å². The molecule has 1 aromatic carbocycles. The van der Waals surface area contributed by atoms with Gasteiger partial charge in [0, 0.05) is 23.0 Å². The summed E-state index contributed by atoms with van der Waals surface area (Å²) in [7, 11) is 0. The number of primary amides is 1. The molecule has 1 atom stereocenters. The van der Waals surface area contributed by atoms with Crippen LogP contribution < -0.4 is 5.73 Å². The van der Waals surface area contributed by atoms with Crippen LogP contribution in [-0.4, -0.2) is 35.6 Å². The monoisotopic (exact) mass is 312 g/mol. The molecule has 0 spiro atoms. The Morgan fingerprint density at radius 1 is 1.35 bits per heavy atom. The molecule has 1 heterocycles. The van der Waals surface area contributed by atoms with Crippen LogP contribution in [0.2, 0.25) is 5.02 Å². The van der Waals surface area contributed by atoms with Crippen molar-refractivity contribution in [3.63, 3.8) is 0 Å². The standard InChI is InChI=1S/C14H17ClN2O2S/c15-11-3-5-12(6-4-11)20-9-13(18)17-7-1-2-10(8-17)14(16)19/h3-6,10H,1-2,7-9H2,(H2,16,19). The minimum Gasteiger partial charge on any atom is -0.369 e. The van der Waals surface area contributed by atoms with Gasteiger partial charge in [-0.15, -0.1) is 11.8 Å². The quantitative estimate of drug-likeness (QED) is 0.867. The average Bonchev–Trinajstić information content (AvgIpc) is 2.46. The van der Waals surface area contributed by atoms with Gasteiger partial charge in [-0.1, -0.05) is 11.6 Å². The first-order valence-corrected chi connectivity index (χ1v) is 7.88. The highest BCUT2D eigenvalue weighted by Crippen LogP contribution is 2.22. The van der Waals surface area contributed by atoms with Crippen LogP contribution in [0, 0.1) is 5.92 Å². The lowest BCUT2D eigenvalue weighted by Gasteiger charge is -2.31. The van der Waals surface area contributed by atoms with Gasteiger partial charge in [0.05, 0.1) is 11.7 Å². The molecule has 0 aliphatic carbocycles. The van der Waals surface area contributed by atoms with Crippen molar-refractivity contribution in [2.24, 2.45) is 11.7 Å². The van der Waals surface area contributed by atoms with Gasteiger partial charge in [0.15, 0.2) is 0 Å². The second-order valence-corrected chi connectivity index (χ2v) is 6.31. The summed E-state index contributed by atoms with van der Waals surface area (Å²) in [6.45, 7) is 1.17. The first-order chi connectivity index (χ1) is 9.56. The van der Waals surface area contributed by atoms with Gasteiger partial charge >= 0.3 is 0 Å². The Labute approximate surface area is 127 Å². The van der Waals surface area contributed by atoms with Gasteiger partial charge in [0.25, 0.3) is 0 Å². The SMILES string of the molecule is NC(=O)C1CCCN(C(=O)CSc2ccc(Cl)cc2)C1. The summed E-state index contributed by atoms with van der Waals surface area (Å²) in [6, 6.07) is 7.39. The third kappa shape index (κ3) is 4.15. The topological polar surface area (TPSA) is 63.4 Å². The summed E-state index contributed by atoms with van der Waals surface area (Å²) in [5, 5.41) is 0.681. The van der Waals surface area contributed by atoms with Crippen molar-refractivity contribution in [1.82, 2.24) is 4.90 Å². The van der Waals surface area contributed by atoms with Gasteiger partial charge < -0.3 is 10.6 Å². The molecule has 6 heteroatoms. The molecule has 2 N–H and O–H groups in total. The number of nitrogens with two attached hydrogens (primary N) is 1. The molecule has 4 nitrogen and oxygen atoms in total. The highest BCUT2D eigenvalue weighted by Gasteiger charge is 2.26. The number of nitrogens with zero attached hydrogens (tertiary/aromatic N) is 1. The zero-order valence-electron chi connectivity index (χ0n) is 11.0. The zero-order valence-corrected chi connectivity index (χ0v) is 12.6. The Kier molecular flexibility index (Phi) is 5.31. The predicted molar refractivity (Wildman–Crippen MR) is 80.7 cm³/mol. The van der Waals surface area contributed by atoms with E-state index in [4.69, 9.17) is 17.3 Å². The van der Waals surface area contributed by atoms with E-state index in [0.29, 0.717) is 23.9 Å². The van der Waals surface area contributed by atoms with E-state index in [1.807, 2.05) is 12.1 Å². The van der Waals surface area contributed by atoms with Crippen LogP contribution in [0.5, 0.6) is 0 Å². The number of benzene rings is 1. The van der Waals surface area contributed by atoms with Crippen LogP contribution in [0.25, 0.3) is 0 Å². The van der Waals surface area contributed by atoms with E-state index in [1.54, 1.807) is 17.0 Å². The van der Waals surface area contributed by atoms with Crippen LogP contribution in [0.3, 0.4) is 0 Å². The van der Waals surface area contributed by atoms with Crippen LogP contribution in [0.1, 0.15) is 12.8 Å². The van der Waals surface area contributed by atoms with Gasteiger partial charge in [0.1, 0.15) is 0 Å². The molecule has 2 rings (SSSR count). The Bertz CT molecular complexity index is 492. The number of hydrogen-bond donors (Lipinski definition) is 1. The van der Waals surface area contributed by atoms with Crippen molar-refractivity contribution in [3.05, 3.63) is 29.3 Å². The molecule has 1 aliphatic rings. The molecule has 0 aromatic heterocycles. The van der Waals surface area contributed by atoms with Crippen molar-refractivity contribution < 1.29 is 9.59 Å². The Morgan fingerprint density at radius 2 is 2.05 bits per heavy atom. The lowest BCUT2D eigenvalue weighted by molar-refractivity contribution is -0.132. The summed E-state index contributed by atoms with van der Waals surface area (Å²) in [5.74, 6) is -0.0930. The first kappa shape index (κ1) is 15.2. The van der Waals surface area contributed by atoms with Gasteiger partial charge in [-0.05, 0) is 37.1 Å². The van der Waals surface area contributed by atoms with Gasteiger partial charge in [0.2, 0.25) is 11.8 Å². The van der Waals surface area contributed by atoms with E-state index in [-0.39, 0.29) is 17.7 Å². The van der Waals surface area contributed by atoms with Crippen molar-refractivity contribution in [1.29, 1.82) is 0 Å². The summed E-state index contributed by atoms with van der Waals surface area (Å²) in [4.78, 5) is 26.1. The number of rotatable bonds is 4. The van der Waals surface area contributed by atoms with E-state index < -0.39 is 0 Å². The fourth-order valence-corrected chi connectivity index (χ4v) is 3.13. The van der Waals surface area contributed by atoms with Gasteiger partial charge in [-0.3, -0.25) is 9.59 Å². The summed E-state index contributed by atoms with van der Waals surface area (Å²) >= 11 is 7.29. The fraction of sp³-hybridized carbons (Fsp3) is 0.429. The minimum atomic E-state index is -0.312.